The van der Waals surface area contributed by atoms with Gasteiger partial charge in [0.1, 0.15) is 0 Å². The van der Waals surface area contributed by atoms with E-state index in [1.165, 1.54) is 10.6 Å². The van der Waals surface area contributed by atoms with E-state index >= 15 is 0 Å². The van der Waals surface area contributed by atoms with E-state index in [1.807, 2.05) is 0 Å². The summed E-state index contributed by atoms with van der Waals surface area (Å²) in [4.78, 5) is 11.8. The van der Waals surface area contributed by atoms with Crippen molar-refractivity contribution in [3.8, 4) is 0 Å². The van der Waals surface area contributed by atoms with E-state index in [2.05, 4.69) is 0 Å². The molecule has 0 aliphatic heterocycles. The highest BCUT2D eigenvalue weighted by molar-refractivity contribution is 7.91. The first-order valence-corrected chi connectivity index (χ1v) is 7.85. The number of nitrogens with zero attached hydrogens (tertiary/aromatic N) is 1. The van der Waals surface area contributed by atoms with Crippen LogP contribution >= 0.6 is 0 Å². The van der Waals surface area contributed by atoms with Crippen LogP contribution in [-0.4, -0.2) is 18.7 Å². The maximum Gasteiger partial charge on any atom is 0.250 e. The molecule has 5 nitrogen and oxygen atoms in total. The molecule has 0 aliphatic carbocycles. The van der Waals surface area contributed by atoms with Gasteiger partial charge < -0.3 is 10.3 Å². The van der Waals surface area contributed by atoms with Gasteiger partial charge in [0.2, 0.25) is 0 Å². The standard InChI is InChI=1S/C14H16N2O3S/c15-11-12-4-3-5-13(10-12)20(18,19)9-8-16-7-2-1-6-14(16)17/h1-7,10H,8-9,11,15H2. The average Bonchev–Trinajstić information content (AvgIpc) is 2.46. The fraction of sp³-hybridized carbons (Fsp3) is 0.214. The van der Waals surface area contributed by atoms with Crippen molar-refractivity contribution in [1.82, 2.24) is 4.57 Å². The van der Waals surface area contributed by atoms with Gasteiger partial charge in [-0.15, -0.1) is 0 Å². The van der Waals surface area contributed by atoms with Gasteiger partial charge in [-0.2, -0.15) is 0 Å². The number of aryl methyl sites for hydroxylation is 1. The van der Waals surface area contributed by atoms with Crippen LogP contribution in [0.3, 0.4) is 0 Å². The van der Waals surface area contributed by atoms with Gasteiger partial charge in [-0.3, -0.25) is 4.79 Å². The Balaban J connectivity index is 2.19. The van der Waals surface area contributed by atoms with Crippen molar-refractivity contribution in [1.29, 1.82) is 0 Å². The third-order valence-electron chi connectivity index (χ3n) is 2.99. The number of aromatic nitrogens is 1. The molecule has 0 bridgehead atoms. The summed E-state index contributed by atoms with van der Waals surface area (Å²) in [7, 11) is -3.42. The lowest BCUT2D eigenvalue weighted by molar-refractivity contribution is 0.587. The lowest BCUT2D eigenvalue weighted by atomic mass is 10.2. The number of benzene rings is 1. The number of pyridine rings is 1. The summed E-state index contributed by atoms with van der Waals surface area (Å²) in [5.74, 6) is -0.120. The van der Waals surface area contributed by atoms with Gasteiger partial charge in [-0.25, -0.2) is 8.42 Å². The minimum Gasteiger partial charge on any atom is -0.326 e. The Labute approximate surface area is 117 Å². The topological polar surface area (TPSA) is 82.2 Å². The van der Waals surface area contributed by atoms with E-state index in [0.29, 0.717) is 6.54 Å². The predicted molar refractivity (Wildman–Crippen MR) is 77.1 cm³/mol. The van der Waals surface area contributed by atoms with Gasteiger partial charge in [0, 0.05) is 25.4 Å². The second-order valence-electron chi connectivity index (χ2n) is 4.40. The molecule has 0 atom stereocenters. The lowest BCUT2D eigenvalue weighted by Crippen LogP contribution is -2.22. The molecule has 106 valence electrons. The Bertz CT molecular complexity index is 751. The first-order valence-electron chi connectivity index (χ1n) is 6.20. The summed E-state index contributed by atoms with van der Waals surface area (Å²) in [6, 6.07) is 11.3. The fourth-order valence-electron chi connectivity index (χ4n) is 1.85. The zero-order chi connectivity index (χ0) is 14.6. The minimum absolute atomic E-state index is 0.120. The average molecular weight is 292 g/mol. The van der Waals surface area contributed by atoms with E-state index in [0.717, 1.165) is 5.56 Å². The molecular weight excluding hydrogens is 276 g/mol. The molecule has 1 aromatic carbocycles. The Morgan fingerprint density at radius 2 is 1.90 bits per heavy atom. The third-order valence-corrected chi connectivity index (χ3v) is 4.69. The highest BCUT2D eigenvalue weighted by Gasteiger charge is 2.14. The Kier molecular flexibility index (Phi) is 4.36. The molecule has 1 heterocycles. The molecule has 0 saturated carbocycles. The fourth-order valence-corrected chi connectivity index (χ4v) is 3.14. The normalized spacial score (nSPS) is 11.4. The van der Waals surface area contributed by atoms with E-state index < -0.39 is 9.84 Å². The SMILES string of the molecule is NCc1cccc(S(=O)(=O)CCn2ccccc2=O)c1. The number of hydrogen-bond donors (Lipinski definition) is 1. The van der Waals surface area contributed by atoms with Crippen LogP contribution in [0.5, 0.6) is 0 Å². The van der Waals surface area contributed by atoms with Crippen LogP contribution in [-0.2, 0) is 22.9 Å². The highest BCUT2D eigenvalue weighted by Crippen LogP contribution is 2.13. The summed E-state index contributed by atoms with van der Waals surface area (Å²) < 4.78 is 25.8. The Morgan fingerprint density at radius 3 is 2.60 bits per heavy atom. The van der Waals surface area contributed by atoms with Crippen LogP contribution in [0, 0.1) is 0 Å². The molecule has 2 rings (SSSR count). The van der Waals surface area contributed by atoms with Crippen LogP contribution in [0.15, 0.2) is 58.4 Å². The molecule has 0 amide bonds. The van der Waals surface area contributed by atoms with Crippen molar-refractivity contribution in [3.05, 3.63) is 64.6 Å². The molecular formula is C14H16N2O3S. The maximum atomic E-state index is 12.2. The third kappa shape index (κ3) is 3.34. The van der Waals surface area contributed by atoms with E-state index in [1.54, 1.807) is 42.6 Å². The number of nitrogens with two attached hydrogens (primary N) is 1. The second-order valence-corrected chi connectivity index (χ2v) is 6.51. The van der Waals surface area contributed by atoms with Crippen LogP contribution in [0.25, 0.3) is 0 Å². The Morgan fingerprint density at radius 1 is 1.10 bits per heavy atom. The lowest BCUT2D eigenvalue weighted by Gasteiger charge is -2.07. The molecule has 0 saturated heterocycles. The van der Waals surface area contributed by atoms with Crippen molar-refractivity contribution >= 4 is 9.84 Å². The quantitative estimate of drug-likeness (QED) is 0.883. The van der Waals surface area contributed by atoms with Crippen LogP contribution in [0.2, 0.25) is 0 Å². The molecule has 2 aromatic rings. The van der Waals surface area contributed by atoms with Gasteiger partial charge >= 0.3 is 0 Å². The molecule has 0 fully saturated rings. The molecule has 6 heteroatoms. The predicted octanol–water partition coefficient (Wildman–Crippen LogP) is 0.781. The van der Waals surface area contributed by atoms with E-state index in [-0.39, 0.29) is 22.8 Å². The Hall–Kier alpha value is -1.92. The largest absolute Gasteiger partial charge is 0.326 e. The summed E-state index contributed by atoms with van der Waals surface area (Å²) in [5, 5.41) is 0. The number of sulfone groups is 1. The van der Waals surface area contributed by atoms with Crippen molar-refractivity contribution < 1.29 is 8.42 Å². The van der Waals surface area contributed by atoms with Gasteiger partial charge in [0.25, 0.3) is 5.56 Å². The zero-order valence-electron chi connectivity index (χ0n) is 10.9. The summed E-state index contributed by atoms with van der Waals surface area (Å²) in [6.07, 6.45) is 1.58. The van der Waals surface area contributed by atoms with Crippen molar-refractivity contribution in [3.63, 3.8) is 0 Å². The molecule has 1 aromatic heterocycles. The monoisotopic (exact) mass is 292 g/mol. The van der Waals surface area contributed by atoms with Crippen LogP contribution < -0.4 is 11.3 Å². The molecule has 0 spiro atoms. The minimum atomic E-state index is -3.42. The van der Waals surface area contributed by atoms with Gasteiger partial charge in [-0.1, -0.05) is 18.2 Å². The molecule has 0 aliphatic rings. The second kappa shape index (κ2) is 6.02. The van der Waals surface area contributed by atoms with E-state index in [9.17, 15) is 13.2 Å². The van der Waals surface area contributed by atoms with Crippen molar-refractivity contribution in [2.45, 2.75) is 18.0 Å². The van der Waals surface area contributed by atoms with Crippen LogP contribution in [0.4, 0.5) is 0 Å². The molecule has 2 N–H and O–H groups in total. The van der Waals surface area contributed by atoms with Gasteiger partial charge in [0.15, 0.2) is 9.84 Å². The summed E-state index contributed by atoms with van der Waals surface area (Å²) in [6.45, 7) is 0.427. The molecule has 0 unspecified atom stereocenters. The molecule has 0 radical (unpaired) electrons. The first-order chi connectivity index (χ1) is 9.53. The van der Waals surface area contributed by atoms with Gasteiger partial charge in [0.05, 0.1) is 10.6 Å². The number of hydrogen-bond acceptors (Lipinski definition) is 4. The molecule has 20 heavy (non-hydrogen) atoms. The highest BCUT2D eigenvalue weighted by atomic mass is 32.2. The van der Waals surface area contributed by atoms with Crippen molar-refractivity contribution in [2.24, 2.45) is 5.73 Å². The van der Waals surface area contributed by atoms with Crippen LogP contribution in [0.1, 0.15) is 5.56 Å². The first kappa shape index (κ1) is 14.5. The van der Waals surface area contributed by atoms with Crippen molar-refractivity contribution in [2.75, 3.05) is 5.75 Å². The summed E-state index contributed by atoms with van der Waals surface area (Å²) >= 11 is 0. The maximum absolute atomic E-state index is 12.2. The summed E-state index contributed by atoms with van der Waals surface area (Å²) in [5.41, 5.74) is 6.06. The van der Waals surface area contributed by atoms with Gasteiger partial charge in [-0.05, 0) is 23.8 Å². The smallest absolute Gasteiger partial charge is 0.250 e. The number of rotatable bonds is 5. The van der Waals surface area contributed by atoms with E-state index in [4.69, 9.17) is 5.73 Å². The zero-order valence-corrected chi connectivity index (χ0v) is 11.7.